The standard InChI is InChI=1S/C24H16BrCl2N3O3/c1-13-2-11-18(12-19(13)26)30-23(32)20(27)21(24(30)33)28-16-7-3-14(4-8-16)22(31)29-17-9-5-15(25)6-10-17/h2-12,28H,1H3,(H,29,31). The van der Waals surface area contributed by atoms with Gasteiger partial charge in [0.15, 0.2) is 0 Å². The van der Waals surface area contributed by atoms with E-state index in [4.69, 9.17) is 23.2 Å². The summed E-state index contributed by atoms with van der Waals surface area (Å²) in [4.78, 5) is 39.0. The minimum atomic E-state index is -0.644. The summed E-state index contributed by atoms with van der Waals surface area (Å²) in [5.41, 5.74) is 2.68. The third-order valence-corrected chi connectivity index (χ3v) is 6.25. The Bertz CT molecular complexity index is 1310. The van der Waals surface area contributed by atoms with Gasteiger partial charge in [-0.3, -0.25) is 14.4 Å². The van der Waals surface area contributed by atoms with Crippen LogP contribution in [0.1, 0.15) is 15.9 Å². The maximum atomic E-state index is 12.9. The predicted molar refractivity (Wildman–Crippen MR) is 134 cm³/mol. The number of imide groups is 1. The van der Waals surface area contributed by atoms with Crippen LogP contribution in [0.4, 0.5) is 17.1 Å². The molecule has 0 saturated carbocycles. The van der Waals surface area contributed by atoms with E-state index in [1.165, 1.54) is 0 Å². The number of anilines is 3. The Labute approximate surface area is 208 Å². The van der Waals surface area contributed by atoms with Crippen molar-refractivity contribution in [3.05, 3.63) is 98.1 Å². The van der Waals surface area contributed by atoms with Gasteiger partial charge < -0.3 is 10.6 Å². The molecule has 3 aromatic carbocycles. The Morgan fingerprint density at radius 1 is 0.879 bits per heavy atom. The number of hydrogen-bond donors (Lipinski definition) is 2. The minimum absolute atomic E-state index is 0.0505. The lowest BCUT2D eigenvalue weighted by Gasteiger charge is -2.16. The molecule has 0 spiro atoms. The largest absolute Gasteiger partial charge is 0.350 e. The molecule has 0 saturated heterocycles. The Morgan fingerprint density at radius 3 is 2.15 bits per heavy atom. The van der Waals surface area contributed by atoms with E-state index in [2.05, 4.69) is 26.6 Å². The van der Waals surface area contributed by atoms with Gasteiger partial charge >= 0.3 is 0 Å². The van der Waals surface area contributed by atoms with Gasteiger partial charge in [-0.1, -0.05) is 45.2 Å². The SMILES string of the molecule is Cc1ccc(N2C(=O)C(Cl)=C(Nc3ccc(C(=O)Nc4ccc(Br)cc4)cc3)C2=O)cc1Cl. The molecule has 1 heterocycles. The fraction of sp³-hybridized carbons (Fsp3) is 0.0417. The van der Waals surface area contributed by atoms with Gasteiger partial charge in [0.25, 0.3) is 17.7 Å². The van der Waals surface area contributed by atoms with Crippen LogP contribution < -0.4 is 15.5 Å². The number of aryl methyl sites for hydroxylation is 1. The number of rotatable bonds is 5. The average molecular weight is 545 g/mol. The molecular formula is C24H16BrCl2N3O3. The van der Waals surface area contributed by atoms with Crippen LogP contribution in [0, 0.1) is 6.92 Å². The normalized spacial score (nSPS) is 13.5. The molecule has 0 aliphatic carbocycles. The molecule has 2 N–H and O–H groups in total. The van der Waals surface area contributed by atoms with Gasteiger partial charge in [-0.25, -0.2) is 4.90 Å². The first-order valence-corrected chi connectivity index (χ1v) is 11.3. The smallest absolute Gasteiger partial charge is 0.283 e. The van der Waals surface area contributed by atoms with E-state index < -0.39 is 11.8 Å². The summed E-state index contributed by atoms with van der Waals surface area (Å²) in [7, 11) is 0. The molecule has 3 aromatic rings. The first kappa shape index (κ1) is 23.0. The van der Waals surface area contributed by atoms with Gasteiger partial charge in [0.1, 0.15) is 10.7 Å². The maximum absolute atomic E-state index is 12.9. The monoisotopic (exact) mass is 543 g/mol. The van der Waals surface area contributed by atoms with Crippen LogP contribution in [0.2, 0.25) is 5.02 Å². The number of halogens is 3. The van der Waals surface area contributed by atoms with Crippen molar-refractivity contribution in [2.45, 2.75) is 6.92 Å². The predicted octanol–water partition coefficient (Wildman–Crippen LogP) is 6.10. The lowest BCUT2D eigenvalue weighted by molar-refractivity contribution is -0.120. The maximum Gasteiger partial charge on any atom is 0.283 e. The molecule has 0 bridgehead atoms. The molecule has 33 heavy (non-hydrogen) atoms. The van der Waals surface area contributed by atoms with Gasteiger partial charge in [0.05, 0.1) is 5.69 Å². The third-order valence-electron chi connectivity index (χ3n) is 4.96. The molecule has 0 radical (unpaired) electrons. The van der Waals surface area contributed by atoms with Crippen molar-refractivity contribution in [1.29, 1.82) is 0 Å². The second kappa shape index (κ2) is 9.39. The Balaban J connectivity index is 1.48. The number of nitrogens with one attached hydrogen (secondary N) is 2. The molecule has 1 aliphatic rings. The van der Waals surface area contributed by atoms with Crippen molar-refractivity contribution in [2.75, 3.05) is 15.5 Å². The van der Waals surface area contributed by atoms with Gasteiger partial charge in [0.2, 0.25) is 0 Å². The highest BCUT2D eigenvalue weighted by Gasteiger charge is 2.39. The summed E-state index contributed by atoms with van der Waals surface area (Å²) < 4.78 is 0.910. The molecule has 1 aliphatic heterocycles. The van der Waals surface area contributed by atoms with Crippen molar-refractivity contribution in [3.8, 4) is 0 Å². The summed E-state index contributed by atoms with van der Waals surface area (Å²) >= 11 is 15.7. The molecule has 4 rings (SSSR count). The molecule has 6 nitrogen and oxygen atoms in total. The van der Waals surface area contributed by atoms with Crippen LogP contribution in [-0.2, 0) is 9.59 Å². The van der Waals surface area contributed by atoms with Crippen molar-refractivity contribution < 1.29 is 14.4 Å². The van der Waals surface area contributed by atoms with E-state index in [0.29, 0.717) is 27.6 Å². The zero-order chi connectivity index (χ0) is 23.7. The molecule has 3 amide bonds. The van der Waals surface area contributed by atoms with E-state index in [9.17, 15) is 14.4 Å². The first-order valence-electron chi connectivity index (χ1n) is 9.73. The van der Waals surface area contributed by atoms with E-state index in [-0.39, 0.29) is 16.6 Å². The first-order chi connectivity index (χ1) is 15.7. The molecular weight excluding hydrogens is 529 g/mol. The van der Waals surface area contributed by atoms with Crippen LogP contribution in [-0.4, -0.2) is 17.7 Å². The molecule has 0 fully saturated rings. The molecule has 9 heteroatoms. The van der Waals surface area contributed by atoms with E-state index in [0.717, 1.165) is 14.9 Å². The van der Waals surface area contributed by atoms with Crippen LogP contribution in [0.25, 0.3) is 0 Å². The third kappa shape index (κ3) is 4.80. The number of hydrogen-bond acceptors (Lipinski definition) is 4. The summed E-state index contributed by atoms with van der Waals surface area (Å²) in [5, 5.41) is 5.89. The van der Waals surface area contributed by atoms with Crippen molar-refractivity contribution in [3.63, 3.8) is 0 Å². The highest BCUT2D eigenvalue weighted by Crippen LogP contribution is 2.32. The van der Waals surface area contributed by atoms with Crippen LogP contribution >= 0.6 is 39.1 Å². The summed E-state index contributed by atoms with van der Waals surface area (Å²) in [5.74, 6) is -1.52. The number of carbonyl (C=O) groups is 3. The van der Waals surface area contributed by atoms with Crippen LogP contribution in [0.3, 0.4) is 0 Å². The lowest BCUT2D eigenvalue weighted by atomic mass is 10.2. The molecule has 0 unspecified atom stereocenters. The zero-order valence-electron chi connectivity index (χ0n) is 17.2. The zero-order valence-corrected chi connectivity index (χ0v) is 20.3. The van der Waals surface area contributed by atoms with Gasteiger partial charge in [-0.15, -0.1) is 0 Å². The van der Waals surface area contributed by atoms with Crippen LogP contribution in [0.5, 0.6) is 0 Å². The fourth-order valence-corrected chi connectivity index (χ4v) is 3.80. The molecule has 166 valence electrons. The van der Waals surface area contributed by atoms with Crippen molar-refractivity contribution in [1.82, 2.24) is 0 Å². The van der Waals surface area contributed by atoms with E-state index in [1.54, 1.807) is 54.6 Å². The molecule has 0 atom stereocenters. The van der Waals surface area contributed by atoms with E-state index >= 15 is 0 Å². The quantitative estimate of drug-likeness (QED) is 0.380. The number of amides is 3. The van der Waals surface area contributed by atoms with Crippen LogP contribution in [0.15, 0.2) is 81.9 Å². The second-order valence-electron chi connectivity index (χ2n) is 7.23. The number of carbonyl (C=O) groups excluding carboxylic acids is 3. The number of benzene rings is 3. The fourth-order valence-electron chi connectivity index (χ4n) is 3.15. The van der Waals surface area contributed by atoms with Crippen molar-refractivity contribution >= 4 is 73.9 Å². The summed E-state index contributed by atoms with van der Waals surface area (Å²) in [6.07, 6.45) is 0. The van der Waals surface area contributed by atoms with Gasteiger partial charge in [-0.05, 0) is 73.2 Å². The van der Waals surface area contributed by atoms with E-state index in [1.807, 2.05) is 19.1 Å². The lowest BCUT2D eigenvalue weighted by Crippen LogP contribution is -2.32. The topological polar surface area (TPSA) is 78.5 Å². The summed E-state index contributed by atoms with van der Waals surface area (Å²) in [6.45, 7) is 1.82. The van der Waals surface area contributed by atoms with Gasteiger partial charge in [0, 0.05) is 26.4 Å². The second-order valence-corrected chi connectivity index (χ2v) is 8.93. The Morgan fingerprint density at radius 2 is 1.52 bits per heavy atom. The summed E-state index contributed by atoms with van der Waals surface area (Å²) in [6, 6.07) is 18.5. The number of nitrogens with zero attached hydrogens (tertiary/aromatic N) is 1. The Hall–Kier alpha value is -3.13. The van der Waals surface area contributed by atoms with Gasteiger partial charge in [-0.2, -0.15) is 0 Å². The Kier molecular flexibility index (Phi) is 6.56. The minimum Gasteiger partial charge on any atom is -0.350 e. The van der Waals surface area contributed by atoms with Crippen molar-refractivity contribution in [2.24, 2.45) is 0 Å². The molecule has 0 aromatic heterocycles. The highest BCUT2D eigenvalue weighted by atomic mass is 79.9. The average Bonchev–Trinajstić information content (AvgIpc) is 3.01. The highest BCUT2D eigenvalue weighted by molar-refractivity contribution is 9.10.